The molecule has 32 heavy (non-hydrogen) atoms. The number of rotatable bonds is 7. The number of nitrogens with zero attached hydrogens (tertiary/aromatic N) is 3. The van der Waals surface area contributed by atoms with E-state index in [0.29, 0.717) is 44.0 Å². The smallest absolute Gasteiger partial charge is 0.338 e. The van der Waals surface area contributed by atoms with Crippen LogP contribution in [0.4, 0.5) is 4.79 Å². The Morgan fingerprint density at radius 3 is 2.50 bits per heavy atom. The summed E-state index contributed by atoms with van der Waals surface area (Å²) in [4.78, 5) is 43.5. The lowest BCUT2D eigenvalue weighted by Crippen LogP contribution is -2.53. The summed E-state index contributed by atoms with van der Waals surface area (Å²) in [5.74, 6) is -0.381. The summed E-state index contributed by atoms with van der Waals surface area (Å²) >= 11 is 0. The maximum absolute atomic E-state index is 13.2. The third kappa shape index (κ3) is 5.02. The summed E-state index contributed by atoms with van der Waals surface area (Å²) in [5, 5.41) is 3.00. The van der Waals surface area contributed by atoms with Crippen LogP contribution in [0.15, 0.2) is 48.2 Å². The number of hydrogen-bond donors (Lipinski definition) is 1. The van der Waals surface area contributed by atoms with E-state index < -0.39 is 12.0 Å². The van der Waals surface area contributed by atoms with E-state index in [2.05, 4.69) is 16.8 Å². The number of esters is 1. The van der Waals surface area contributed by atoms with E-state index in [-0.39, 0.29) is 25.1 Å². The lowest BCUT2D eigenvalue weighted by Gasteiger charge is -2.40. The molecule has 1 atom stereocenters. The molecule has 0 aliphatic carbocycles. The molecule has 2 aliphatic heterocycles. The SMILES string of the molecule is C=CCN1C(=O)N[C@@H](c2ccccc2C)C(C(=O)OCC)=C1CN1CCN(C(C)=O)CC1. The van der Waals surface area contributed by atoms with Gasteiger partial charge in [-0.2, -0.15) is 0 Å². The van der Waals surface area contributed by atoms with Crippen molar-refractivity contribution in [3.05, 3.63) is 59.3 Å². The highest BCUT2D eigenvalue weighted by Gasteiger charge is 2.39. The first kappa shape index (κ1) is 23.5. The van der Waals surface area contributed by atoms with Gasteiger partial charge in [-0.05, 0) is 25.0 Å². The summed E-state index contributed by atoms with van der Waals surface area (Å²) in [6, 6.07) is 6.83. The monoisotopic (exact) mass is 440 g/mol. The molecular weight excluding hydrogens is 408 g/mol. The number of urea groups is 1. The van der Waals surface area contributed by atoms with Crippen LogP contribution in [-0.2, 0) is 14.3 Å². The normalized spacial score (nSPS) is 19.6. The van der Waals surface area contributed by atoms with E-state index in [1.807, 2.05) is 36.1 Å². The molecule has 1 aromatic rings. The van der Waals surface area contributed by atoms with E-state index >= 15 is 0 Å². The fourth-order valence-corrected chi connectivity index (χ4v) is 4.22. The van der Waals surface area contributed by atoms with Crippen molar-refractivity contribution in [2.24, 2.45) is 0 Å². The Hall–Kier alpha value is -3.13. The molecule has 1 fully saturated rings. The zero-order valence-corrected chi connectivity index (χ0v) is 19.1. The molecule has 8 nitrogen and oxygen atoms in total. The molecule has 8 heteroatoms. The van der Waals surface area contributed by atoms with Crippen LogP contribution in [-0.4, -0.2) is 78.5 Å². The lowest BCUT2D eigenvalue weighted by atomic mass is 9.91. The topological polar surface area (TPSA) is 82.2 Å². The molecule has 2 heterocycles. The van der Waals surface area contributed by atoms with Crippen LogP contribution in [0.25, 0.3) is 0 Å². The Bertz CT molecular complexity index is 918. The van der Waals surface area contributed by atoms with Gasteiger partial charge in [-0.25, -0.2) is 9.59 Å². The Balaban J connectivity index is 2.04. The summed E-state index contributed by atoms with van der Waals surface area (Å²) in [7, 11) is 0. The number of hydrogen-bond acceptors (Lipinski definition) is 5. The van der Waals surface area contributed by atoms with E-state index in [0.717, 1.165) is 11.1 Å². The molecule has 1 saturated heterocycles. The number of aryl methyl sites for hydroxylation is 1. The van der Waals surface area contributed by atoms with E-state index in [1.54, 1.807) is 24.8 Å². The second-order valence-corrected chi connectivity index (χ2v) is 8.00. The zero-order valence-electron chi connectivity index (χ0n) is 19.1. The molecule has 172 valence electrons. The minimum Gasteiger partial charge on any atom is -0.463 e. The first-order valence-electron chi connectivity index (χ1n) is 11.0. The second kappa shape index (κ2) is 10.5. The Kier molecular flexibility index (Phi) is 7.69. The third-order valence-corrected chi connectivity index (χ3v) is 5.94. The molecule has 0 radical (unpaired) electrons. The van der Waals surface area contributed by atoms with Gasteiger partial charge in [0.2, 0.25) is 5.91 Å². The van der Waals surface area contributed by atoms with Crippen LogP contribution in [0.1, 0.15) is 31.0 Å². The summed E-state index contributed by atoms with van der Waals surface area (Å²) < 4.78 is 5.43. The molecule has 1 aromatic carbocycles. The van der Waals surface area contributed by atoms with Gasteiger partial charge in [-0.1, -0.05) is 30.3 Å². The number of amides is 3. The van der Waals surface area contributed by atoms with E-state index in [4.69, 9.17) is 4.74 Å². The molecule has 0 spiro atoms. The van der Waals surface area contributed by atoms with Crippen molar-refractivity contribution >= 4 is 17.9 Å². The molecule has 0 bridgehead atoms. The third-order valence-electron chi connectivity index (χ3n) is 5.94. The molecule has 0 unspecified atom stereocenters. The Morgan fingerprint density at radius 2 is 1.91 bits per heavy atom. The highest BCUT2D eigenvalue weighted by molar-refractivity contribution is 5.95. The summed E-state index contributed by atoms with van der Waals surface area (Å²) in [6.45, 7) is 12.6. The van der Waals surface area contributed by atoms with Crippen LogP contribution in [0.3, 0.4) is 0 Å². The second-order valence-electron chi connectivity index (χ2n) is 8.00. The van der Waals surface area contributed by atoms with Crippen LogP contribution < -0.4 is 5.32 Å². The fraction of sp³-hybridized carbons (Fsp3) is 0.458. The van der Waals surface area contributed by atoms with Crippen LogP contribution in [0.5, 0.6) is 0 Å². The van der Waals surface area contributed by atoms with Crippen molar-refractivity contribution in [3.63, 3.8) is 0 Å². The molecule has 2 aliphatic rings. The predicted octanol–water partition coefficient (Wildman–Crippen LogP) is 2.23. The van der Waals surface area contributed by atoms with Gasteiger partial charge in [0.15, 0.2) is 0 Å². The highest BCUT2D eigenvalue weighted by Crippen LogP contribution is 2.33. The van der Waals surface area contributed by atoms with Crippen molar-refractivity contribution < 1.29 is 19.1 Å². The summed E-state index contributed by atoms with van der Waals surface area (Å²) in [6.07, 6.45) is 1.64. The summed E-state index contributed by atoms with van der Waals surface area (Å²) in [5.41, 5.74) is 2.90. The Labute approximate surface area is 189 Å². The Morgan fingerprint density at radius 1 is 1.22 bits per heavy atom. The zero-order chi connectivity index (χ0) is 23.3. The highest BCUT2D eigenvalue weighted by atomic mass is 16.5. The first-order valence-corrected chi connectivity index (χ1v) is 11.0. The van der Waals surface area contributed by atoms with Crippen molar-refractivity contribution in [1.29, 1.82) is 0 Å². The minimum atomic E-state index is -0.600. The van der Waals surface area contributed by atoms with E-state index in [1.165, 1.54) is 0 Å². The molecule has 0 aromatic heterocycles. The number of piperazine rings is 1. The lowest BCUT2D eigenvalue weighted by molar-refractivity contribution is -0.139. The van der Waals surface area contributed by atoms with Gasteiger partial charge in [0, 0.05) is 51.9 Å². The molecular formula is C24H32N4O4. The van der Waals surface area contributed by atoms with Gasteiger partial charge < -0.3 is 15.0 Å². The largest absolute Gasteiger partial charge is 0.463 e. The molecule has 3 rings (SSSR count). The van der Waals surface area contributed by atoms with Crippen LogP contribution >= 0.6 is 0 Å². The van der Waals surface area contributed by atoms with Crippen molar-refractivity contribution in [3.8, 4) is 0 Å². The van der Waals surface area contributed by atoms with Gasteiger partial charge in [0.05, 0.1) is 18.2 Å². The standard InChI is InChI=1S/C24H32N4O4/c1-5-11-28-20(16-26-12-14-27(15-13-26)18(4)29)21(23(30)32-6-2)22(25-24(28)31)19-10-8-7-9-17(19)3/h5,7-10,22H,1,6,11-16H2,2-4H3,(H,25,31)/t22-/m0/s1. The van der Waals surface area contributed by atoms with Gasteiger partial charge in [-0.3, -0.25) is 14.6 Å². The molecule has 3 amide bonds. The van der Waals surface area contributed by atoms with Crippen LogP contribution in [0, 0.1) is 6.92 Å². The number of ether oxygens (including phenoxy) is 1. The van der Waals surface area contributed by atoms with Gasteiger partial charge >= 0.3 is 12.0 Å². The van der Waals surface area contributed by atoms with Gasteiger partial charge in [0.1, 0.15) is 0 Å². The minimum absolute atomic E-state index is 0.0565. The fourth-order valence-electron chi connectivity index (χ4n) is 4.22. The number of carbonyl (C=O) groups excluding carboxylic acids is 3. The molecule has 0 saturated carbocycles. The maximum Gasteiger partial charge on any atom is 0.338 e. The average Bonchev–Trinajstić information content (AvgIpc) is 2.76. The van der Waals surface area contributed by atoms with Crippen LogP contribution in [0.2, 0.25) is 0 Å². The number of nitrogens with one attached hydrogen (secondary N) is 1. The molecule has 1 N–H and O–H groups in total. The quantitative estimate of drug-likeness (QED) is 0.519. The number of benzene rings is 1. The van der Waals surface area contributed by atoms with E-state index in [9.17, 15) is 14.4 Å². The van der Waals surface area contributed by atoms with Crippen molar-refractivity contribution in [2.75, 3.05) is 45.9 Å². The average molecular weight is 441 g/mol. The number of carbonyl (C=O) groups is 3. The maximum atomic E-state index is 13.2. The van der Waals surface area contributed by atoms with Crippen molar-refractivity contribution in [2.45, 2.75) is 26.8 Å². The predicted molar refractivity (Wildman–Crippen MR) is 122 cm³/mol. The van der Waals surface area contributed by atoms with Gasteiger partial charge in [-0.15, -0.1) is 6.58 Å². The first-order chi connectivity index (χ1) is 15.4. The van der Waals surface area contributed by atoms with Crippen molar-refractivity contribution in [1.82, 2.24) is 20.0 Å². The van der Waals surface area contributed by atoms with Gasteiger partial charge in [0.25, 0.3) is 0 Å².